The van der Waals surface area contributed by atoms with Gasteiger partial charge >= 0.3 is 0 Å². The Kier molecular flexibility index (Phi) is 5.61. The second kappa shape index (κ2) is 7.47. The number of anilines is 2. The van der Waals surface area contributed by atoms with Crippen molar-refractivity contribution in [2.45, 2.75) is 20.8 Å². The molecule has 0 aliphatic heterocycles. The molecule has 1 N–H and O–H groups in total. The highest BCUT2D eigenvalue weighted by molar-refractivity contribution is 6.33. The van der Waals surface area contributed by atoms with Gasteiger partial charge in [0, 0.05) is 19.3 Å². The first-order chi connectivity index (χ1) is 10.9. The predicted molar refractivity (Wildman–Crippen MR) is 97.1 cm³/mol. The highest BCUT2D eigenvalue weighted by Crippen LogP contribution is 2.33. The Labute approximate surface area is 141 Å². The summed E-state index contributed by atoms with van der Waals surface area (Å²) in [5, 5.41) is 3.62. The second-order valence-electron chi connectivity index (χ2n) is 5.54. The molecule has 0 atom stereocenters. The third kappa shape index (κ3) is 4.45. The Morgan fingerprint density at radius 1 is 1.22 bits per heavy atom. The number of aryl methyl sites for hydroxylation is 2. The Balaban J connectivity index is 2.29. The highest BCUT2D eigenvalue weighted by atomic mass is 35.5. The molecule has 0 amide bonds. The first-order valence-corrected chi connectivity index (χ1v) is 7.86. The molecule has 122 valence electrons. The van der Waals surface area contributed by atoms with Crippen molar-refractivity contribution >= 4 is 35.0 Å². The Bertz CT molecular complexity index is 728. The van der Waals surface area contributed by atoms with E-state index in [0.29, 0.717) is 16.4 Å². The van der Waals surface area contributed by atoms with Crippen LogP contribution < -0.4 is 5.32 Å². The van der Waals surface area contributed by atoms with Crippen LogP contribution in [0.2, 0.25) is 5.02 Å². The second-order valence-corrected chi connectivity index (χ2v) is 5.95. The van der Waals surface area contributed by atoms with E-state index in [1.807, 2.05) is 38.8 Å². The van der Waals surface area contributed by atoms with Crippen LogP contribution >= 0.6 is 11.6 Å². The van der Waals surface area contributed by atoms with Crippen LogP contribution in [-0.4, -0.2) is 24.8 Å². The number of hydrogen-bond acceptors (Lipinski definition) is 2. The average Bonchev–Trinajstić information content (AvgIpc) is 2.52. The lowest BCUT2D eigenvalue weighted by Gasteiger charge is -2.13. The fraction of sp³-hybridized carbons (Fsp3) is 0.278. The molecule has 0 aliphatic carbocycles. The average molecular weight is 334 g/mol. The van der Waals surface area contributed by atoms with E-state index in [1.54, 1.807) is 24.5 Å². The summed E-state index contributed by atoms with van der Waals surface area (Å²) in [5.74, 6) is -0.294. The molecule has 2 rings (SSSR count). The van der Waals surface area contributed by atoms with Gasteiger partial charge in [-0.2, -0.15) is 0 Å². The van der Waals surface area contributed by atoms with E-state index in [4.69, 9.17) is 11.6 Å². The van der Waals surface area contributed by atoms with E-state index in [0.717, 1.165) is 23.4 Å². The van der Waals surface area contributed by atoms with E-state index in [-0.39, 0.29) is 5.82 Å². The monoisotopic (exact) mass is 333 g/mol. The minimum absolute atomic E-state index is 0.294. The molecule has 3 nitrogen and oxygen atoms in total. The van der Waals surface area contributed by atoms with Crippen molar-refractivity contribution in [1.29, 1.82) is 0 Å². The van der Waals surface area contributed by atoms with Crippen molar-refractivity contribution < 1.29 is 4.39 Å². The highest BCUT2D eigenvalue weighted by Gasteiger charge is 2.08. The number of aliphatic imine (C=N–C) groups is 1. The summed E-state index contributed by atoms with van der Waals surface area (Å²) in [5.41, 5.74) is 3.83. The molecule has 23 heavy (non-hydrogen) atoms. The van der Waals surface area contributed by atoms with Crippen LogP contribution in [0.4, 0.5) is 21.5 Å². The summed E-state index contributed by atoms with van der Waals surface area (Å²) in [7, 11) is 1.95. The van der Waals surface area contributed by atoms with Gasteiger partial charge in [0.2, 0.25) is 0 Å². The van der Waals surface area contributed by atoms with Gasteiger partial charge in [0.1, 0.15) is 5.82 Å². The summed E-state index contributed by atoms with van der Waals surface area (Å²) < 4.78 is 13.9. The van der Waals surface area contributed by atoms with Crippen molar-refractivity contribution in [3.63, 3.8) is 0 Å². The van der Waals surface area contributed by atoms with Crippen molar-refractivity contribution in [1.82, 2.24) is 4.90 Å². The van der Waals surface area contributed by atoms with E-state index < -0.39 is 0 Å². The first kappa shape index (κ1) is 17.3. The molecule has 0 aromatic heterocycles. The summed E-state index contributed by atoms with van der Waals surface area (Å²) in [6.45, 7) is 6.77. The van der Waals surface area contributed by atoms with Crippen LogP contribution in [0.5, 0.6) is 0 Å². The minimum Gasteiger partial charge on any atom is -0.366 e. The van der Waals surface area contributed by atoms with Gasteiger partial charge in [0.25, 0.3) is 0 Å². The van der Waals surface area contributed by atoms with Crippen LogP contribution in [0.3, 0.4) is 0 Å². The number of halogens is 2. The molecule has 0 radical (unpaired) electrons. The molecular formula is C18H21ClFN3. The minimum atomic E-state index is -0.294. The summed E-state index contributed by atoms with van der Waals surface area (Å²) in [4.78, 5) is 6.34. The van der Waals surface area contributed by atoms with Crippen molar-refractivity contribution in [3.05, 3.63) is 52.3 Å². The van der Waals surface area contributed by atoms with Gasteiger partial charge in [0.05, 0.1) is 22.7 Å². The predicted octanol–water partition coefficient (Wildman–Crippen LogP) is 5.45. The van der Waals surface area contributed by atoms with Crippen LogP contribution in [-0.2, 0) is 0 Å². The van der Waals surface area contributed by atoms with Gasteiger partial charge in [0.15, 0.2) is 0 Å². The Morgan fingerprint density at radius 3 is 2.65 bits per heavy atom. The van der Waals surface area contributed by atoms with Gasteiger partial charge in [-0.15, -0.1) is 0 Å². The lowest BCUT2D eigenvalue weighted by molar-refractivity contribution is 0.552. The quantitative estimate of drug-likeness (QED) is 0.582. The number of hydrogen-bond donors (Lipinski definition) is 1. The fourth-order valence-corrected chi connectivity index (χ4v) is 2.23. The smallest absolute Gasteiger partial charge is 0.146 e. The zero-order chi connectivity index (χ0) is 17.0. The number of benzene rings is 2. The SMILES string of the molecule is CCN(C)C=Nc1cc(C)c(Nc2cc(C)ccc2F)cc1Cl. The summed E-state index contributed by atoms with van der Waals surface area (Å²) >= 11 is 6.30. The Morgan fingerprint density at radius 2 is 1.96 bits per heavy atom. The van der Waals surface area contributed by atoms with Crippen LogP contribution in [0.15, 0.2) is 35.3 Å². The summed E-state index contributed by atoms with van der Waals surface area (Å²) in [6.07, 6.45) is 1.74. The lowest BCUT2D eigenvalue weighted by Crippen LogP contribution is -2.14. The fourth-order valence-electron chi connectivity index (χ4n) is 2.02. The van der Waals surface area contributed by atoms with E-state index in [1.165, 1.54) is 6.07 Å². The van der Waals surface area contributed by atoms with Crippen molar-refractivity contribution in [2.75, 3.05) is 18.9 Å². The lowest BCUT2D eigenvalue weighted by atomic mass is 10.1. The van der Waals surface area contributed by atoms with E-state index in [9.17, 15) is 4.39 Å². The molecule has 0 saturated heterocycles. The zero-order valence-electron chi connectivity index (χ0n) is 13.8. The van der Waals surface area contributed by atoms with E-state index >= 15 is 0 Å². The standard InChI is InChI=1S/C18H21ClFN3/c1-5-23(4)11-21-17-9-13(3)16(10-14(17)19)22-18-8-12(2)6-7-15(18)20/h6-11,22H,5H2,1-4H3. The molecule has 0 spiro atoms. The normalized spacial score (nSPS) is 11.0. The molecule has 2 aromatic carbocycles. The van der Waals surface area contributed by atoms with Gasteiger partial charge in [-0.05, 0) is 56.2 Å². The van der Waals surface area contributed by atoms with E-state index in [2.05, 4.69) is 10.3 Å². The maximum Gasteiger partial charge on any atom is 0.146 e. The van der Waals surface area contributed by atoms with Crippen molar-refractivity contribution in [3.8, 4) is 0 Å². The molecule has 0 bridgehead atoms. The molecule has 5 heteroatoms. The largest absolute Gasteiger partial charge is 0.366 e. The molecule has 0 heterocycles. The van der Waals surface area contributed by atoms with Gasteiger partial charge < -0.3 is 10.2 Å². The number of rotatable bonds is 5. The Hall–Kier alpha value is -2.07. The van der Waals surface area contributed by atoms with Crippen molar-refractivity contribution in [2.24, 2.45) is 4.99 Å². The van der Waals surface area contributed by atoms with Crippen LogP contribution in [0.25, 0.3) is 0 Å². The molecule has 0 aliphatic rings. The molecule has 0 unspecified atom stereocenters. The maximum atomic E-state index is 13.9. The van der Waals surface area contributed by atoms with Crippen LogP contribution in [0.1, 0.15) is 18.1 Å². The summed E-state index contributed by atoms with van der Waals surface area (Å²) in [6, 6.07) is 8.62. The molecule has 2 aromatic rings. The maximum absolute atomic E-state index is 13.9. The molecular weight excluding hydrogens is 313 g/mol. The third-order valence-electron chi connectivity index (χ3n) is 3.58. The molecule has 0 fully saturated rings. The third-order valence-corrected chi connectivity index (χ3v) is 3.88. The molecule has 0 saturated carbocycles. The zero-order valence-corrected chi connectivity index (χ0v) is 14.6. The topological polar surface area (TPSA) is 27.6 Å². The van der Waals surface area contributed by atoms with Gasteiger partial charge in [-0.25, -0.2) is 9.38 Å². The first-order valence-electron chi connectivity index (χ1n) is 7.48. The number of nitrogens with zero attached hydrogens (tertiary/aromatic N) is 2. The van der Waals surface area contributed by atoms with Gasteiger partial charge in [-0.3, -0.25) is 0 Å². The van der Waals surface area contributed by atoms with Crippen LogP contribution in [0, 0.1) is 19.7 Å². The number of nitrogens with one attached hydrogen (secondary N) is 1. The van der Waals surface area contributed by atoms with Gasteiger partial charge in [-0.1, -0.05) is 17.7 Å².